The molecule has 1 aliphatic rings. The summed E-state index contributed by atoms with van der Waals surface area (Å²) in [5.74, 6) is 0. The first kappa shape index (κ1) is 6.67. The van der Waals surface area contributed by atoms with Crippen LogP contribution in [0.4, 0.5) is 0 Å². The van der Waals surface area contributed by atoms with Crippen molar-refractivity contribution in [3.63, 3.8) is 0 Å². The molecule has 0 N–H and O–H groups in total. The number of nitrogens with zero attached hydrogens (tertiary/aromatic N) is 2. The van der Waals surface area contributed by atoms with E-state index in [-0.39, 0.29) is 11.8 Å². The fraction of sp³-hybridized carbons (Fsp3) is 0.571. The maximum absolute atomic E-state index is 11.2. The Balaban J connectivity index is 2.22. The molecule has 0 bridgehead atoms. The van der Waals surface area contributed by atoms with Gasteiger partial charge in [0.05, 0.1) is 19.3 Å². The van der Waals surface area contributed by atoms with Crippen molar-refractivity contribution in [2.24, 2.45) is 7.05 Å². The van der Waals surface area contributed by atoms with E-state index in [2.05, 4.69) is 0 Å². The number of hydrogen-bond acceptors (Lipinski definition) is 2. The largest absolute Gasteiger partial charge is 0.371 e. The van der Waals surface area contributed by atoms with Gasteiger partial charge in [0.1, 0.15) is 0 Å². The quantitative estimate of drug-likeness (QED) is 0.543. The molecule has 0 radical (unpaired) electrons. The van der Waals surface area contributed by atoms with E-state index in [9.17, 15) is 4.79 Å². The highest BCUT2D eigenvalue weighted by Crippen LogP contribution is 2.09. The normalized spacial score (nSPS) is 22.1. The Morgan fingerprint density at radius 3 is 2.91 bits per heavy atom. The fourth-order valence-corrected chi connectivity index (χ4v) is 1.04. The first-order chi connectivity index (χ1) is 5.27. The van der Waals surface area contributed by atoms with E-state index < -0.39 is 0 Å². The molecule has 0 aliphatic carbocycles. The summed E-state index contributed by atoms with van der Waals surface area (Å²) in [7, 11) is 1.74. The van der Waals surface area contributed by atoms with Gasteiger partial charge in [0, 0.05) is 19.4 Å². The number of hydrogen-bond donors (Lipinski definition) is 0. The lowest BCUT2D eigenvalue weighted by molar-refractivity contribution is 0.379. The summed E-state index contributed by atoms with van der Waals surface area (Å²) in [5, 5.41) is 0. The molecule has 11 heavy (non-hydrogen) atoms. The second kappa shape index (κ2) is 2.23. The molecule has 4 heteroatoms. The average Bonchev–Trinajstić information content (AvgIpc) is 2.74. The standard InChI is InChI=1S/C7H10N2O2/c1-8-2-3-9(7(8)10)4-6-5-11-6/h2-3,6H,4-5H2,1H3/t6-/m1/s1. The van der Waals surface area contributed by atoms with Crippen LogP contribution in [0.1, 0.15) is 0 Å². The van der Waals surface area contributed by atoms with Crippen molar-refractivity contribution in [2.45, 2.75) is 12.6 Å². The Morgan fingerprint density at radius 2 is 2.45 bits per heavy atom. The third kappa shape index (κ3) is 1.21. The van der Waals surface area contributed by atoms with Crippen LogP contribution in [0.2, 0.25) is 0 Å². The van der Waals surface area contributed by atoms with Crippen LogP contribution in [0.25, 0.3) is 0 Å². The second-order valence-corrected chi connectivity index (χ2v) is 2.80. The van der Waals surface area contributed by atoms with Crippen molar-refractivity contribution in [2.75, 3.05) is 6.61 Å². The van der Waals surface area contributed by atoms with Gasteiger partial charge in [0.2, 0.25) is 0 Å². The molecule has 1 aromatic heterocycles. The van der Waals surface area contributed by atoms with Crippen LogP contribution < -0.4 is 5.69 Å². The van der Waals surface area contributed by atoms with E-state index in [4.69, 9.17) is 4.74 Å². The zero-order valence-corrected chi connectivity index (χ0v) is 6.36. The zero-order valence-electron chi connectivity index (χ0n) is 6.36. The first-order valence-corrected chi connectivity index (χ1v) is 3.61. The molecule has 1 fully saturated rings. The number of imidazole rings is 1. The second-order valence-electron chi connectivity index (χ2n) is 2.80. The lowest BCUT2D eigenvalue weighted by Gasteiger charge is -1.94. The number of ether oxygens (including phenoxy) is 1. The Labute approximate surface area is 64.0 Å². The minimum Gasteiger partial charge on any atom is -0.371 e. The Morgan fingerprint density at radius 1 is 1.73 bits per heavy atom. The maximum Gasteiger partial charge on any atom is 0.327 e. The van der Waals surface area contributed by atoms with Gasteiger partial charge in [0.15, 0.2) is 0 Å². The van der Waals surface area contributed by atoms with Gasteiger partial charge in [-0.05, 0) is 0 Å². The van der Waals surface area contributed by atoms with Crippen LogP contribution in [0, 0.1) is 0 Å². The molecule has 0 saturated carbocycles. The van der Waals surface area contributed by atoms with E-state index in [1.54, 1.807) is 28.6 Å². The Hall–Kier alpha value is -1.03. The van der Waals surface area contributed by atoms with Crippen molar-refractivity contribution in [3.05, 3.63) is 22.9 Å². The Kier molecular flexibility index (Phi) is 1.35. The number of aromatic nitrogens is 2. The van der Waals surface area contributed by atoms with Crippen molar-refractivity contribution in [1.29, 1.82) is 0 Å². The average molecular weight is 154 g/mol. The number of rotatable bonds is 2. The van der Waals surface area contributed by atoms with Gasteiger partial charge in [-0.2, -0.15) is 0 Å². The van der Waals surface area contributed by atoms with Gasteiger partial charge >= 0.3 is 5.69 Å². The van der Waals surface area contributed by atoms with Crippen molar-refractivity contribution in [1.82, 2.24) is 9.13 Å². The molecule has 1 saturated heterocycles. The van der Waals surface area contributed by atoms with Crippen LogP contribution in [0.15, 0.2) is 17.2 Å². The minimum atomic E-state index is 0.0282. The van der Waals surface area contributed by atoms with Crippen molar-refractivity contribution in [3.8, 4) is 0 Å². The molecule has 2 heterocycles. The lowest BCUT2D eigenvalue weighted by atomic mass is 10.5. The van der Waals surface area contributed by atoms with Gasteiger partial charge in [-0.15, -0.1) is 0 Å². The molecule has 0 aromatic carbocycles. The van der Waals surface area contributed by atoms with E-state index in [0.717, 1.165) is 6.61 Å². The van der Waals surface area contributed by atoms with E-state index >= 15 is 0 Å². The molecule has 0 unspecified atom stereocenters. The molecular weight excluding hydrogens is 144 g/mol. The molecule has 4 nitrogen and oxygen atoms in total. The van der Waals surface area contributed by atoms with Crippen molar-refractivity contribution < 1.29 is 4.74 Å². The predicted molar refractivity (Wildman–Crippen MR) is 39.4 cm³/mol. The molecule has 1 aliphatic heterocycles. The van der Waals surface area contributed by atoms with Crippen LogP contribution in [0.3, 0.4) is 0 Å². The Bertz CT molecular complexity index is 308. The van der Waals surface area contributed by atoms with E-state index in [1.807, 2.05) is 0 Å². The first-order valence-electron chi connectivity index (χ1n) is 3.61. The monoisotopic (exact) mass is 154 g/mol. The summed E-state index contributed by atoms with van der Waals surface area (Å²) >= 11 is 0. The van der Waals surface area contributed by atoms with E-state index in [0.29, 0.717) is 6.54 Å². The summed E-state index contributed by atoms with van der Waals surface area (Å²) in [6.07, 6.45) is 3.81. The minimum absolute atomic E-state index is 0.0282. The highest BCUT2D eigenvalue weighted by molar-refractivity contribution is 4.82. The number of epoxide rings is 1. The third-order valence-corrected chi connectivity index (χ3v) is 1.82. The maximum atomic E-state index is 11.2. The van der Waals surface area contributed by atoms with Gasteiger partial charge in [-0.1, -0.05) is 0 Å². The fourth-order valence-electron chi connectivity index (χ4n) is 1.04. The van der Waals surface area contributed by atoms with Gasteiger partial charge in [0.25, 0.3) is 0 Å². The molecule has 1 aromatic rings. The van der Waals surface area contributed by atoms with E-state index in [1.165, 1.54) is 0 Å². The molecule has 0 spiro atoms. The number of aryl methyl sites for hydroxylation is 1. The summed E-state index contributed by atoms with van der Waals surface area (Å²) in [6.45, 7) is 1.49. The van der Waals surface area contributed by atoms with Crippen LogP contribution in [-0.2, 0) is 18.3 Å². The lowest BCUT2D eigenvalue weighted by Crippen LogP contribution is -2.23. The van der Waals surface area contributed by atoms with Gasteiger partial charge in [-0.25, -0.2) is 4.79 Å². The molecular formula is C7H10N2O2. The summed E-state index contributed by atoms with van der Waals surface area (Å²) in [6, 6.07) is 0. The molecule has 60 valence electrons. The third-order valence-electron chi connectivity index (χ3n) is 1.82. The summed E-state index contributed by atoms with van der Waals surface area (Å²) in [5.41, 5.74) is 0.0282. The molecule has 2 rings (SSSR count). The summed E-state index contributed by atoms with van der Waals surface area (Å²) in [4.78, 5) is 11.2. The highest BCUT2D eigenvalue weighted by Gasteiger charge is 2.23. The molecule has 0 amide bonds. The van der Waals surface area contributed by atoms with Crippen LogP contribution in [-0.4, -0.2) is 21.8 Å². The molecule has 1 atom stereocenters. The zero-order chi connectivity index (χ0) is 7.84. The van der Waals surface area contributed by atoms with Crippen molar-refractivity contribution >= 4 is 0 Å². The predicted octanol–water partition coefficient (Wildman–Crippen LogP) is -0.414. The highest BCUT2D eigenvalue weighted by atomic mass is 16.6. The smallest absolute Gasteiger partial charge is 0.327 e. The van der Waals surface area contributed by atoms with Crippen LogP contribution >= 0.6 is 0 Å². The van der Waals surface area contributed by atoms with Gasteiger partial charge < -0.3 is 9.30 Å². The summed E-state index contributed by atoms with van der Waals surface area (Å²) < 4.78 is 8.23. The topological polar surface area (TPSA) is 39.5 Å². The van der Waals surface area contributed by atoms with Gasteiger partial charge in [-0.3, -0.25) is 4.57 Å². The van der Waals surface area contributed by atoms with Crippen LogP contribution in [0.5, 0.6) is 0 Å². The SMILES string of the molecule is Cn1ccn(C[C@@H]2CO2)c1=O.